The molecule has 3 rings (SSSR count). The fraction of sp³-hybridized carbons (Fsp3) is 0.818. The molecule has 2 fully saturated rings. The van der Waals surface area contributed by atoms with Gasteiger partial charge in [0.1, 0.15) is 5.01 Å². The van der Waals surface area contributed by atoms with Crippen LogP contribution in [0.4, 0.5) is 5.13 Å². The van der Waals surface area contributed by atoms with Crippen molar-refractivity contribution in [3.8, 4) is 0 Å². The standard InChI is InChI=1S/C11H17N3OS/c1-2-3-10-13-14-11(16-10)12-8-6-7-4-5-9(8)15-7/h7-9H,2-6H2,1H3,(H,12,14)/t7-,8-,9+/m1/s1. The second kappa shape index (κ2) is 4.30. The van der Waals surface area contributed by atoms with E-state index in [1.807, 2.05) is 0 Å². The van der Waals surface area contributed by atoms with Crippen LogP contribution in [0.2, 0.25) is 0 Å². The zero-order chi connectivity index (χ0) is 11.0. The molecule has 2 saturated heterocycles. The van der Waals surface area contributed by atoms with Gasteiger partial charge in [0.25, 0.3) is 0 Å². The van der Waals surface area contributed by atoms with Gasteiger partial charge in [-0.05, 0) is 25.7 Å². The zero-order valence-corrected chi connectivity index (χ0v) is 10.3. The maximum atomic E-state index is 5.81. The zero-order valence-electron chi connectivity index (χ0n) is 9.48. The Bertz CT molecular complexity index is 368. The fourth-order valence-electron chi connectivity index (χ4n) is 2.58. The van der Waals surface area contributed by atoms with E-state index in [0.717, 1.165) is 29.4 Å². The van der Waals surface area contributed by atoms with Crippen LogP contribution in [0.5, 0.6) is 0 Å². The Labute approximate surface area is 99.4 Å². The van der Waals surface area contributed by atoms with Gasteiger partial charge in [-0.25, -0.2) is 0 Å². The summed E-state index contributed by atoms with van der Waals surface area (Å²) in [6, 6.07) is 0.459. The number of anilines is 1. The molecular weight excluding hydrogens is 222 g/mol. The van der Waals surface area contributed by atoms with E-state index in [9.17, 15) is 0 Å². The second-order valence-electron chi connectivity index (χ2n) is 4.61. The molecule has 1 aromatic rings. The molecule has 0 radical (unpaired) electrons. The molecule has 4 nitrogen and oxygen atoms in total. The number of aryl methyl sites for hydroxylation is 1. The molecule has 0 unspecified atom stereocenters. The highest BCUT2D eigenvalue weighted by Gasteiger charge is 2.41. The van der Waals surface area contributed by atoms with Gasteiger partial charge in [0.05, 0.1) is 18.2 Å². The van der Waals surface area contributed by atoms with Gasteiger partial charge in [0.15, 0.2) is 0 Å². The highest BCUT2D eigenvalue weighted by molar-refractivity contribution is 7.15. The molecule has 2 bridgehead atoms. The van der Waals surface area contributed by atoms with Crippen LogP contribution >= 0.6 is 11.3 Å². The third-order valence-electron chi connectivity index (χ3n) is 3.35. The van der Waals surface area contributed by atoms with E-state index >= 15 is 0 Å². The van der Waals surface area contributed by atoms with Crippen LogP contribution in [0.3, 0.4) is 0 Å². The molecule has 0 aromatic carbocycles. The van der Waals surface area contributed by atoms with Crippen LogP contribution < -0.4 is 5.32 Å². The van der Waals surface area contributed by atoms with Gasteiger partial charge in [0.2, 0.25) is 5.13 Å². The van der Waals surface area contributed by atoms with Gasteiger partial charge in [-0.15, -0.1) is 10.2 Å². The minimum Gasteiger partial charge on any atom is -0.373 e. The summed E-state index contributed by atoms with van der Waals surface area (Å²) in [5.74, 6) is 0. The van der Waals surface area contributed by atoms with E-state index in [2.05, 4.69) is 22.4 Å². The van der Waals surface area contributed by atoms with E-state index in [-0.39, 0.29) is 0 Å². The van der Waals surface area contributed by atoms with E-state index in [0.29, 0.717) is 18.2 Å². The number of hydrogen-bond acceptors (Lipinski definition) is 5. The van der Waals surface area contributed by atoms with Crippen molar-refractivity contribution in [2.45, 2.75) is 57.3 Å². The molecule has 0 spiro atoms. The largest absolute Gasteiger partial charge is 0.373 e. The molecule has 0 amide bonds. The molecule has 3 heterocycles. The quantitative estimate of drug-likeness (QED) is 0.875. The number of fused-ring (bicyclic) bond motifs is 2. The summed E-state index contributed by atoms with van der Waals surface area (Å²) >= 11 is 1.68. The minimum absolute atomic E-state index is 0.406. The third-order valence-corrected chi connectivity index (χ3v) is 4.26. The van der Waals surface area contributed by atoms with Crippen LogP contribution in [0.15, 0.2) is 0 Å². The molecule has 1 aromatic heterocycles. The number of aromatic nitrogens is 2. The van der Waals surface area contributed by atoms with Gasteiger partial charge in [0, 0.05) is 6.42 Å². The predicted molar refractivity (Wildman–Crippen MR) is 63.8 cm³/mol. The van der Waals surface area contributed by atoms with Crippen molar-refractivity contribution >= 4 is 16.5 Å². The monoisotopic (exact) mass is 239 g/mol. The summed E-state index contributed by atoms with van der Waals surface area (Å²) in [7, 11) is 0. The van der Waals surface area contributed by atoms with Crippen LogP contribution in [-0.4, -0.2) is 28.4 Å². The summed E-state index contributed by atoms with van der Waals surface area (Å²) in [5.41, 5.74) is 0. The summed E-state index contributed by atoms with van der Waals surface area (Å²) in [4.78, 5) is 0. The molecule has 0 saturated carbocycles. The average molecular weight is 239 g/mol. The highest BCUT2D eigenvalue weighted by Crippen LogP contribution is 2.36. The molecule has 1 N–H and O–H groups in total. The van der Waals surface area contributed by atoms with Gasteiger partial charge >= 0.3 is 0 Å². The molecule has 0 aliphatic carbocycles. The molecular formula is C11H17N3OS. The number of ether oxygens (including phenoxy) is 1. The first kappa shape index (κ1) is 10.5. The van der Waals surface area contributed by atoms with Crippen LogP contribution in [0.1, 0.15) is 37.6 Å². The maximum absolute atomic E-state index is 5.81. The molecule has 3 atom stereocenters. The average Bonchev–Trinajstić information content (AvgIpc) is 2.95. The topological polar surface area (TPSA) is 47.0 Å². The first-order valence-corrected chi connectivity index (χ1v) is 6.91. The number of nitrogens with zero attached hydrogens (tertiary/aromatic N) is 2. The smallest absolute Gasteiger partial charge is 0.205 e. The second-order valence-corrected chi connectivity index (χ2v) is 5.67. The Morgan fingerprint density at radius 3 is 3.06 bits per heavy atom. The molecule has 2 aliphatic heterocycles. The number of hydrogen-bond donors (Lipinski definition) is 1. The molecule has 88 valence electrons. The lowest BCUT2D eigenvalue weighted by atomic mass is 9.96. The lowest BCUT2D eigenvalue weighted by Gasteiger charge is -2.18. The highest BCUT2D eigenvalue weighted by atomic mass is 32.1. The van der Waals surface area contributed by atoms with E-state index in [4.69, 9.17) is 4.74 Å². The molecule has 16 heavy (non-hydrogen) atoms. The first-order valence-electron chi connectivity index (χ1n) is 6.09. The van der Waals surface area contributed by atoms with Crippen LogP contribution in [0.25, 0.3) is 0 Å². The summed E-state index contributed by atoms with van der Waals surface area (Å²) in [6.07, 6.45) is 6.63. The normalized spacial score (nSPS) is 32.2. The lowest BCUT2D eigenvalue weighted by Crippen LogP contribution is -2.30. The Morgan fingerprint density at radius 1 is 1.44 bits per heavy atom. The van der Waals surface area contributed by atoms with Gasteiger partial charge in [-0.3, -0.25) is 0 Å². The van der Waals surface area contributed by atoms with Crippen molar-refractivity contribution in [2.24, 2.45) is 0 Å². The van der Waals surface area contributed by atoms with Gasteiger partial charge < -0.3 is 10.1 Å². The summed E-state index contributed by atoms with van der Waals surface area (Å²) in [6.45, 7) is 2.16. The third kappa shape index (κ3) is 1.94. The first-order chi connectivity index (χ1) is 7.85. The van der Waals surface area contributed by atoms with Gasteiger partial charge in [-0.2, -0.15) is 0 Å². The van der Waals surface area contributed by atoms with Crippen molar-refractivity contribution in [3.63, 3.8) is 0 Å². The number of rotatable bonds is 4. The van der Waals surface area contributed by atoms with Crippen molar-refractivity contribution < 1.29 is 4.74 Å². The van der Waals surface area contributed by atoms with E-state index in [1.165, 1.54) is 12.8 Å². The lowest BCUT2D eigenvalue weighted by molar-refractivity contribution is 0.102. The predicted octanol–water partition coefficient (Wildman–Crippen LogP) is 2.22. The van der Waals surface area contributed by atoms with Crippen molar-refractivity contribution in [2.75, 3.05) is 5.32 Å². The number of nitrogens with one attached hydrogen (secondary N) is 1. The fourth-order valence-corrected chi connectivity index (χ4v) is 3.48. The Hall–Kier alpha value is -0.680. The van der Waals surface area contributed by atoms with Crippen LogP contribution in [-0.2, 0) is 11.2 Å². The maximum Gasteiger partial charge on any atom is 0.205 e. The SMILES string of the molecule is CCCc1nnc(N[C@@H]2C[C@H]3CC[C@@H]2O3)s1. The summed E-state index contributed by atoms with van der Waals surface area (Å²) < 4.78 is 5.81. The molecule has 5 heteroatoms. The minimum atomic E-state index is 0.406. The van der Waals surface area contributed by atoms with Gasteiger partial charge in [-0.1, -0.05) is 18.3 Å². The van der Waals surface area contributed by atoms with Crippen molar-refractivity contribution in [1.82, 2.24) is 10.2 Å². The van der Waals surface area contributed by atoms with E-state index < -0.39 is 0 Å². The van der Waals surface area contributed by atoms with Crippen molar-refractivity contribution in [1.29, 1.82) is 0 Å². The Balaban J connectivity index is 1.61. The molecule has 2 aliphatic rings. The van der Waals surface area contributed by atoms with E-state index in [1.54, 1.807) is 11.3 Å². The van der Waals surface area contributed by atoms with Crippen LogP contribution in [0, 0.1) is 0 Å². The Kier molecular flexibility index (Phi) is 2.81. The summed E-state index contributed by atoms with van der Waals surface area (Å²) in [5, 5.41) is 13.9. The Morgan fingerprint density at radius 2 is 2.38 bits per heavy atom. The van der Waals surface area contributed by atoms with Crippen molar-refractivity contribution in [3.05, 3.63) is 5.01 Å².